The van der Waals surface area contributed by atoms with Crippen molar-refractivity contribution in [3.05, 3.63) is 118 Å². The fourth-order valence-electron chi connectivity index (χ4n) is 12.3. The molecule has 5 heteroatoms. The van der Waals surface area contributed by atoms with E-state index in [4.69, 9.17) is 4.42 Å². The van der Waals surface area contributed by atoms with Gasteiger partial charge in [0.2, 0.25) is 0 Å². The molecule has 2 aliphatic heterocycles. The van der Waals surface area contributed by atoms with Crippen LogP contribution in [0.4, 0.5) is 34.1 Å². The van der Waals surface area contributed by atoms with Crippen molar-refractivity contribution in [2.24, 2.45) is 0 Å². The average molecular weight is 879 g/mol. The van der Waals surface area contributed by atoms with Gasteiger partial charge in [-0.3, -0.25) is 0 Å². The van der Waals surface area contributed by atoms with Gasteiger partial charge in [0.25, 0.3) is 6.71 Å². The number of fused-ring (bicyclic) bond motifs is 9. The van der Waals surface area contributed by atoms with Crippen LogP contribution in [0.5, 0.6) is 0 Å². The zero-order chi connectivity index (χ0) is 46.9. The summed E-state index contributed by atoms with van der Waals surface area (Å²) in [6.07, 6.45) is 4.69. The Bertz CT molecular complexity index is 2980. The molecule has 2 aliphatic carbocycles. The second-order valence-corrected chi connectivity index (χ2v) is 31.6. The van der Waals surface area contributed by atoms with Crippen molar-refractivity contribution in [1.82, 2.24) is 0 Å². The van der Waals surface area contributed by atoms with E-state index >= 15 is 0 Å². The Balaban J connectivity index is 1.37. The molecule has 5 aromatic carbocycles. The lowest BCUT2D eigenvalue weighted by atomic mass is 9.35. The standard InChI is InChI=1S/C60H75BN2OSi/c1-36-31-46-51-47(32-36)63(45-25-19-38(56(5,6)7)34-49(45)65(16,17)18)52-40-33-37(55(2,3)4)20-26-48(40)64-54(52)61(51)44-24-23-42-50(60(14,15)30-29-58(42,10)11)53(44)62(46)39-21-22-41-43(35-39)59(12,13)28-27-57(41,8)9/h19-26,31-35H,27-30H2,1-18H3. The summed E-state index contributed by atoms with van der Waals surface area (Å²) in [4.78, 5) is 5.41. The number of hydrogen-bond donors (Lipinski definition) is 0. The quantitative estimate of drug-likeness (QED) is 0.165. The highest BCUT2D eigenvalue weighted by molar-refractivity contribution is 7.00. The number of aryl methyl sites for hydroxylation is 1. The molecule has 0 atom stereocenters. The van der Waals surface area contributed by atoms with Gasteiger partial charge < -0.3 is 14.2 Å². The first-order valence-corrected chi connectivity index (χ1v) is 28.3. The van der Waals surface area contributed by atoms with Crippen molar-refractivity contribution in [2.75, 3.05) is 9.80 Å². The van der Waals surface area contributed by atoms with Crippen LogP contribution in [-0.2, 0) is 32.5 Å². The molecule has 0 saturated heterocycles. The van der Waals surface area contributed by atoms with Gasteiger partial charge in [-0.05, 0) is 163 Å². The summed E-state index contributed by atoms with van der Waals surface area (Å²) >= 11 is 0. The van der Waals surface area contributed by atoms with Crippen LogP contribution in [0.25, 0.3) is 11.0 Å². The third-order valence-electron chi connectivity index (χ3n) is 16.6. The van der Waals surface area contributed by atoms with Gasteiger partial charge in [0, 0.05) is 33.8 Å². The largest absolute Gasteiger partial charge is 0.468 e. The number of anilines is 6. The van der Waals surface area contributed by atoms with Crippen molar-refractivity contribution in [3.8, 4) is 0 Å². The highest BCUT2D eigenvalue weighted by Gasteiger charge is 2.51. The molecule has 3 heterocycles. The smallest absolute Gasteiger partial charge is 0.297 e. The second-order valence-electron chi connectivity index (χ2n) is 26.5. The van der Waals surface area contributed by atoms with Crippen molar-refractivity contribution >= 4 is 81.7 Å². The summed E-state index contributed by atoms with van der Waals surface area (Å²) in [5, 5.41) is 2.68. The molecule has 65 heavy (non-hydrogen) atoms. The summed E-state index contributed by atoms with van der Waals surface area (Å²) in [6.45, 7) is 43.7. The van der Waals surface area contributed by atoms with Crippen molar-refractivity contribution in [1.29, 1.82) is 0 Å². The minimum absolute atomic E-state index is 0.0224. The fraction of sp³-hybridized carbons (Fsp3) is 0.467. The van der Waals surface area contributed by atoms with Gasteiger partial charge in [-0.2, -0.15) is 0 Å². The molecule has 6 aromatic rings. The summed E-state index contributed by atoms with van der Waals surface area (Å²) in [5.74, 6) is 0. The number of hydrogen-bond acceptors (Lipinski definition) is 3. The minimum Gasteiger partial charge on any atom is -0.468 e. The van der Waals surface area contributed by atoms with E-state index in [1.165, 1.54) is 114 Å². The first kappa shape index (κ1) is 44.4. The molecule has 0 bridgehead atoms. The van der Waals surface area contributed by atoms with E-state index in [2.05, 4.69) is 212 Å². The summed E-state index contributed by atoms with van der Waals surface area (Å²) in [6, 6.07) is 32.1. The van der Waals surface area contributed by atoms with E-state index in [1.54, 1.807) is 0 Å². The van der Waals surface area contributed by atoms with Gasteiger partial charge in [-0.1, -0.05) is 153 Å². The second kappa shape index (κ2) is 13.8. The fourth-order valence-corrected chi connectivity index (χ4v) is 13.9. The van der Waals surface area contributed by atoms with E-state index in [9.17, 15) is 0 Å². The maximum Gasteiger partial charge on any atom is 0.297 e. The van der Waals surface area contributed by atoms with Crippen molar-refractivity contribution in [3.63, 3.8) is 0 Å². The predicted octanol–water partition coefficient (Wildman–Crippen LogP) is 14.7. The molecule has 0 unspecified atom stereocenters. The normalized spacial score (nSPS) is 19.1. The van der Waals surface area contributed by atoms with E-state index in [1.807, 2.05) is 0 Å². The number of benzene rings is 5. The van der Waals surface area contributed by atoms with Gasteiger partial charge >= 0.3 is 0 Å². The average Bonchev–Trinajstić information content (AvgIpc) is 3.58. The molecule has 338 valence electrons. The molecular weight excluding hydrogens is 804 g/mol. The third kappa shape index (κ3) is 6.69. The Morgan fingerprint density at radius 1 is 0.554 bits per heavy atom. The van der Waals surface area contributed by atoms with E-state index in [0.717, 1.165) is 17.7 Å². The minimum atomic E-state index is -1.93. The summed E-state index contributed by atoms with van der Waals surface area (Å²) in [7, 11) is -1.93. The van der Waals surface area contributed by atoms with Crippen molar-refractivity contribution < 1.29 is 4.42 Å². The first-order chi connectivity index (χ1) is 30.0. The Hall–Kier alpha value is -4.48. The van der Waals surface area contributed by atoms with E-state index in [0.29, 0.717) is 0 Å². The maximum atomic E-state index is 7.50. The van der Waals surface area contributed by atoms with Crippen LogP contribution in [0.3, 0.4) is 0 Å². The first-order valence-electron chi connectivity index (χ1n) is 24.8. The molecule has 1 aromatic heterocycles. The van der Waals surface area contributed by atoms with Crippen LogP contribution in [0.2, 0.25) is 19.6 Å². The number of nitrogens with zero attached hydrogens (tertiary/aromatic N) is 2. The number of rotatable bonds is 3. The highest BCUT2D eigenvalue weighted by Crippen LogP contribution is 2.55. The highest BCUT2D eigenvalue weighted by atomic mass is 28.3. The Kier molecular flexibility index (Phi) is 9.42. The number of furan rings is 1. The van der Waals surface area contributed by atoms with Crippen LogP contribution < -0.4 is 31.6 Å². The van der Waals surface area contributed by atoms with Crippen molar-refractivity contribution in [2.45, 2.75) is 182 Å². The van der Waals surface area contributed by atoms with Gasteiger partial charge in [0.05, 0.1) is 19.4 Å². The monoisotopic (exact) mass is 879 g/mol. The lowest BCUT2D eigenvalue weighted by molar-refractivity contribution is 0.331. The molecule has 0 spiro atoms. The van der Waals surface area contributed by atoms with Crippen LogP contribution in [0.15, 0.2) is 83.3 Å². The zero-order valence-electron chi connectivity index (χ0n) is 43.2. The molecule has 3 nitrogen and oxygen atoms in total. The van der Waals surface area contributed by atoms with Gasteiger partial charge in [-0.25, -0.2) is 0 Å². The van der Waals surface area contributed by atoms with Gasteiger partial charge in [0.15, 0.2) is 0 Å². The molecule has 4 aliphatic rings. The summed E-state index contributed by atoms with van der Waals surface area (Å²) < 4.78 is 7.50. The zero-order valence-corrected chi connectivity index (χ0v) is 44.2. The lowest BCUT2D eigenvalue weighted by Gasteiger charge is -2.49. The van der Waals surface area contributed by atoms with Crippen LogP contribution in [-0.4, -0.2) is 14.8 Å². The van der Waals surface area contributed by atoms with E-state index < -0.39 is 8.07 Å². The summed E-state index contributed by atoms with van der Waals surface area (Å²) in [5.41, 5.74) is 22.6. The Labute approximate surface area is 393 Å². The molecule has 10 rings (SSSR count). The molecule has 0 N–H and O–H groups in total. The predicted molar refractivity (Wildman–Crippen MR) is 286 cm³/mol. The topological polar surface area (TPSA) is 19.6 Å². The Morgan fingerprint density at radius 2 is 1.11 bits per heavy atom. The molecular formula is C60H75BN2OSi. The molecule has 0 radical (unpaired) electrons. The van der Waals surface area contributed by atoms with Gasteiger partial charge in [-0.15, -0.1) is 0 Å². The Morgan fingerprint density at radius 3 is 1.74 bits per heavy atom. The third-order valence-corrected chi connectivity index (χ3v) is 18.6. The van der Waals surface area contributed by atoms with Gasteiger partial charge in [0.1, 0.15) is 5.58 Å². The van der Waals surface area contributed by atoms with Crippen LogP contribution in [0.1, 0.15) is 162 Å². The molecule has 0 saturated carbocycles. The molecule has 0 amide bonds. The SMILES string of the molecule is Cc1cc2c3c(c1)N(c1ccc(C(C)(C)C)cc1[Si](C)(C)C)c1c(oc4ccc(C(C)(C)C)cc14)B3c1ccc3c(c1N2c1ccc2c(c1)C(C)(C)CCC2(C)C)C(C)(C)CCC3(C)C. The van der Waals surface area contributed by atoms with Crippen LogP contribution >= 0.6 is 0 Å². The maximum absolute atomic E-state index is 7.50. The lowest BCUT2D eigenvalue weighted by Crippen LogP contribution is -2.62. The molecule has 0 fully saturated rings. The van der Waals surface area contributed by atoms with E-state index in [-0.39, 0.29) is 39.2 Å². The van der Waals surface area contributed by atoms with Crippen LogP contribution in [0, 0.1) is 6.92 Å².